The van der Waals surface area contributed by atoms with E-state index in [1.807, 2.05) is 0 Å². The third kappa shape index (κ3) is 3.44. The van der Waals surface area contributed by atoms with Gasteiger partial charge >= 0.3 is 0 Å². The quantitative estimate of drug-likeness (QED) is 0.869. The summed E-state index contributed by atoms with van der Waals surface area (Å²) in [6.45, 7) is -0.0849. The largest absolute Gasteiger partial charge is 0.482 e. The molecule has 1 aliphatic heterocycles. The maximum atomic E-state index is 12.4. The standard InChI is InChI=1S/C14H12ClN3O4S/c15-10-4-11-12(22-8-14(19)18-11)5-13(10)23(20,21)17-7-9-2-1-3-16-6-9/h1-6,17H,7-8H2,(H,18,19). The third-order valence-electron chi connectivity index (χ3n) is 3.15. The Morgan fingerprint density at radius 2 is 2.22 bits per heavy atom. The van der Waals surface area contributed by atoms with Crippen LogP contribution in [0.3, 0.4) is 0 Å². The number of amides is 1. The summed E-state index contributed by atoms with van der Waals surface area (Å²) in [4.78, 5) is 15.1. The molecule has 1 amide bonds. The summed E-state index contributed by atoms with van der Waals surface area (Å²) in [6.07, 6.45) is 3.17. The van der Waals surface area contributed by atoms with E-state index < -0.39 is 10.0 Å². The molecule has 0 saturated heterocycles. The number of carbonyl (C=O) groups excluding carboxylic acids is 1. The molecule has 0 radical (unpaired) electrons. The summed E-state index contributed by atoms with van der Waals surface area (Å²) in [7, 11) is -3.84. The zero-order valence-corrected chi connectivity index (χ0v) is 13.3. The van der Waals surface area contributed by atoms with Crippen LogP contribution in [0.15, 0.2) is 41.6 Å². The van der Waals surface area contributed by atoms with Crippen molar-refractivity contribution in [3.8, 4) is 5.75 Å². The zero-order chi connectivity index (χ0) is 16.4. The molecule has 0 unspecified atom stereocenters. The van der Waals surface area contributed by atoms with Gasteiger partial charge in [-0.3, -0.25) is 9.78 Å². The lowest BCUT2D eigenvalue weighted by molar-refractivity contribution is -0.118. The number of halogens is 1. The van der Waals surface area contributed by atoms with E-state index in [0.29, 0.717) is 11.3 Å². The molecule has 2 N–H and O–H groups in total. The monoisotopic (exact) mass is 353 g/mol. The topological polar surface area (TPSA) is 97.4 Å². The minimum atomic E-state index is -3.84. The molecule has 9 heteroatoms. The normalized spacial score (nSPS) is 13.9. The van der Waals surface area contributed by atoms with Gasteiger partial charge in [-0.2, -0.15) is 0 Å². The van der Waals surface area contributed by atoms with Crippen LogP contribution >= 0.6 is 11.6 Å². The molecule has 0 bridgehead atoms. The van der Waals surface area contributed by atoms with E-state index in [4.69, 9.17) is 16.3 Å². The first kappa shape index (κ1) is 15.7. The first-order valence-corrected chi connectivity index (χ1v) is 8.46. The van der Waals surface area contributed by atoms with E-state index in [2.05, 4.69) is 15.0 Å². The van der Waals surface area contributed by atoms with Gasteiger partial charge in [-0.05, 0) is 17.7 Å². The minimum absolute atomic E-state index is 0.00626. The van der Waals surface area contributed by atoms with Gasteiger partial charge in [0.05, 0.1) is 10.7 Å². The highest BCUT2D eigenvalue weighted by atomic mass is 35.5. The Labute approximate surface area is 137 Å². The highest BCUT2D eigenvalue weighted by Crippen LogP contribution is 2.35. The van der Waals surface area contributed by atoms with Crippen LogP contribution in [0.4, 0.5) is 5.69 Å². The number of pyridine rings is 1. The molecule has 2 aromatic rings. The lowest BCUT2D eigenvalue weighted by atomic mass is 10.2. The Balaban J connectivity index is 1.86. The van der Waals surface area contributed by atoms with Crippen LogP contribution in [0.5, 0.6) is 5.75 Å². The molecule has 0 fully saturated rings. The molecule has 0 atom stereocenters. The Morgan fingerprint density at radius 3 is 2.96 bits per heavy atom. The fraction of sp³-hybridized carbons (Fsp3) is 0.143. The number of benzene rings is 1. The Bertz CT molecular complexity index is 856. The first-order chi connectivity index (χ1) is 11.0. The van der Waals surface area contributed by atoms with Crippen molar-refractivity contribution in [3.63, 3.8) is 0 Å². The van der Waals surface area contributed by atoms with Crippen molar-refractivity contribution < 1.29 is 17.9 Å². The summed E-state index contributed by atoms with van der Waals surface area (Å²) in [5.41, 5.74) is 1.06. The van der Waals surface area contributed by atoms with Gasteiger partial charge in [0.2, 0.25) is 10.0 Å². The van der Waals surface area contributed by atoms with Crippen LogP contribution in [-0.4, -0.2) is 25.9 Å². The number of anilines is 1. The lowest BCUT2D eigenvalue weighted by Gasteiger charge is -2.19. The molecular weight excluding hydrogens is 342 g/mol. The molecule has 7 nitrogen and oxygen atoms in total. The Kier molecular flexibility index (Phi) is 4.20. The number of carbonyl (C=O) groups is 1. The molecule has 0 saturated carbocycles. The molecule has 0 spiro atoms. The van der Waals surface area contributed by atoms with Gasteiger partial charge in [0.25, 0.3) is 5.91 Å². The number of ether oxygens (including phenoxy) is 1. The summed E-state index contributed by atoms with van der Waals surface area (Å²) < 4.78 is 32.5. The van der Waals surface area contributed by atoms with Gasteiger partial charge in [-0.25, -0.2) is 13.1 Å². The fourth-order valence-electron chi connectivity index (χ4n) is 2.05. The van der Waals surface area contributed by atoms with Crippen molar-refractivity contribution >= 4 is 33.2 Å². The predicted octanol–water partition coefficient (Wildman–Crippen LogP) is 1.54. The van der Waals surface area contributed by atoms with E-state index in [1.54, 1.807) is 24.5 Å². The van der Waals surface area contributed by atoms with Crippen LogP contribution in [0.25, 0.3) is 0 Å². The zero-order valence-electron chi connectivity index (χ0n) is 11.7. The summed E-state index contributed by atoms with van der Waals surface area (Å²) in [5, 5.41) is 2.56. The molecule has 3 rings (SSSR count). The minimum Gasteiger partial charge on any atom is -0.482 e. The number of aromatic nitrogens is 1. The van der Waals surface area contributed by atoms with Gasteiger partial charge in [0.15, 0.2) is 6.61 Å². The van der Waals surface area contributed by atoms with Crippen molar-refractivity contribution in [2.45, 2.75) is 11.4 Å². The number of hydrogen-bond donors (Lipinski definition) is 2. The van der Waals surface area contributed by atoms with Crippen LogP contribution in [0, 0.1) is 0 Å². The van der Waals surface area contributed by atoms with Crippen molar-refractivity contribution in [2.75, 3.05) is 11.9 Å². The highest BCUT2D eigenvalue weighted by molar-refractivity contribution is 7.89. The maximum Gasteiger partial charge on any atom is 0.262 e. The second-order valence-corrected chi connectivity index (χ2v) is 6.94. The molecule has 2 heterocycles. The molecule has 1 aliphatic rings. The van der Waals surface area contributed by atoms with Crippen molar-refractivity contribution in [1.29, 1.82) is 0 Å². The van der Waals surface area contributed by atoms with Gasteiger partial charge in [0.1, 0.15) is 10.6 Å². The maximum absolute atomic E-state index is 12.4. The van der Waals surface area contributed by atoms with Crippen molar-refractivity contribution in [1.82, 2.24) is 9.71 Å². The number of hydrogen-bond acceptors (Lipinski definition) is 5. The summed E-state index contributed by atoms with van der Waals surface area (Å²) in [6, 6.07) is 6.12. The number of nitrogens with zero attached hydrogens (tertiary/aromatic N) is 1. The average molecular weight is 354 g/mol. The van der Waals surface area contributed by atoms with Crippen molar-refractivity contribution in [3.05, 3.63) is 47.2 Å². The SMILES string of the molecule is O=C1COc2cc(S(=O)(=O)NCc3cccnc3)c(Cl)cc2N1. The number of sulfonamides is 1. The number of nitrogens with one attached hydrogen (secondary N) is 2. The number of rotatable bonds is 4. The molecule has 0 aliphatic carbocycles. The lowest BCUT2D eigenvalue weighted by Crippen LogP contribution is -2.27. The smallest absolute Gasteiger partial charge is 0.262 e. The first-order valence-electron chi connectivity index (χ1n) is 6.60. The molecule has 1 aromatic carbocycles. The summed E-state index contributed by atoms with van der Waals surface area (Å²) in [5.74, 6) is -0.0605. The van der Waals surface area contributed by atoms with E-state index in [9.17, 15) is 13.2 Å². The number of fused-ring (bicyclic) bond motifs is 1. The van der Waals surface area contributed by atoms with E-state index in [1.165, 1.54) is 12.1 Å². The van der Waals surface area contributed by atoms with Crippen molar-refractivity contribution in [2.24, 2.45) is 0 Å². The van der Waals surface area contributed by atoms with E-state index >= 15 is 0 Å². The second-order valence-electron chi connectivity index (χ2n) is 4.80. The van der Waals surface area contributed by atoms with Gasteiger partial charge < -0.3 is 10.1 Å². The van der Waals surface area contributed by atoms with E-state index in [-0.39, 0.29) is 34.7 Å². The third-order valence-corrected chi connectivity index (χ3v) is 5.01. The highest BCUT2D eigenvalue weighted by Gasteiger charge is 2.24. The van der Waals surface area contributed by atoms with Gasteiger partial charge in [-0.1, -0.05) is 17.7 Å². The average Bonchev–Trinajstić information content (AvgIpc) is 2.53. The van der Waals surface area contributed by atoms with Crippen LogP contribution in [0.2, 0.25) is 5.02 Å². The Morgan fingerprint density at radius 1 is 1.39 bits per heavy atom. The van der Waals surface area contributed by atoms with E-state index in [0.717, 1.165) is 0 Å². The van der Waals surface area contributed by atoms with Crippen LogP contribution in [-0.2, 0) is 21.4 Å². The molecular formula is C14H12ClN3O4S. The molecule has 1 aromatic heterocycles. The molecule has 120 valence electrons. The second kappa shape index (κ2) is 6.15. The van der Waals surface area contributed by atoms with Gasteiger partial charge in [-0.15, -0.1) is 0 Å². The van der Waals surface area contributed by atoms with Crippen LogP contribution < -0.4 is 14.8 Å². The van der Waals surface area contributed by atoms with Crippen LogP contribution in [0.1, 0.15) is 5.56 Å². The summed E-state index contributed by atoms with van der Waals surface area (Å²) >= 11 is 6.04. The van der Waals surface area contributed by atoms with Gasteiger partial charge in [0, 0.05) is 25.0 Å². The molecule has 23 heavy (non-hydrogen) atoms. The predicted molar refractivity (Wildman–Crippen MR) is 83.8 cm³/mol. The Hall–Kier alpha value is -2.16. The fourth-order valence-corrected chi connectivity index (χ4v) is 3.60.